The molecule has 2 N–H and O–H groups in total. The van der Waals surface area contributed by atoms with Gasteiger partial charge < -0.3 is 0 Å². The molecule has 1 aromatic carbocycles. The predicted octanol–water partition coefficient (Wildman–Crippen LogP) is 0.599. The molecule has 0 spiro atoms. The van der Waals surface area contributed by atoms with E-state index in [1.807, 2.05) is 0 Å². The molecule has 1 aliphatic heterocycles. The first-order chi connectivity index (χ1) is 13.4. The van der Waals surface area contributed by atoms with Crippen LogP contribution in [0.15, 0.2) is 29.3 Å². The molecule has 29 heavy (non-hydrogen) atoms. The molecule has 1 heterocycles. The number of alkyl halides is 2. The van der Waals surface area contributed by atoms with Crippen molar-refractivity contribution in [1.82, 2.24) is 18.9 Å². The van der Waals surface area contributed by atoms with Gasteiger partial charge in [-0.15, -0.1) is 0 Å². The summed E-state index contributed by atoms with van der Waals surface area (Å²) < 4.78 is 94.1. The number of nitrogens with zero attached hydrogens (tertiary/aromatic N) is 3. The Morgan fingerprint density at radius 1 is 1.24 bits per heavy atom. The first kappa shape index (κ1) is 22.0. The molecule has 0 saturated heterocycles. The van der Waals surface area contributed by atoms with Crippen LogP contribution in [-0.2, 0) is 26.8 Å². The highest BCUT2D eigenvalue weighted by Gasteiger charge is 2.62. The maximum Gasteiger partial charge on any atom is 0.318 e. The lowest BCUT2D eigenvalue weighted by Gasteiger charge is -2.30. The van der Waals surface area contributed by atoms with Crippen LogP contribution in [0.2, 0.25) is 0 Å². The van der Waals surface area contributed by atoms with Crippen molar-refractivity contribution in [3.8, 4) is 0 Å². The van der Waals surface area contributed by atoms with E-state index < -0.39 is 49.2 Å². The van der Waals surface area contributed by atoms with Crippen LogP contribution in [0.4, 0.5) is 13.2 Å². The van der Waals surface area contributed by atoms with E-state index in [0.717, 1.165) is 26.2 Å². The molecule has 1 atom stereocenters. The molecular weight excluding hydrogens is 435 g/mol. The number of amidine groups is 1. The van der Waals surface area contributed by atoms with Crippen LogP contribution >= 0.6 is 0 Å². The summed E-state index contributed by atoms with van der Waals surface area (Å²) in [5, 5.41) is 0. The van der Waals surface area contributed by atoms with E-state index in [1.165, 1.54) is 12.1 Å². The lowest BCUT2D eigenvalue weighted by Crippen LogP contribution is -2.60. The number of hydrogen-bond acceptors (Lipinski definition) is 6. The van der Waals surface area contributed by atoms with Gasteiger partial charge in [-0.2, -0.15) is 22.6 Å². The van der Waals surface area contributed by atoms with Crippen molar-refractivity contribution in [2.24, 2.45) is 10.9 Å². The van der Waals surface area contributed by atoms with Crippen molar-refractivity contribution in [2.75, 3.05) is 14.1 Å². The third kappa shape index (κ3) is 3.99. The molecule has 1 fully saturated rings. The summed E-state index contributed by atoms with van der Waals surface area (Å²) in [6.07, 6.45) is -2.61. The summed E-state index contributed by atoms with van der Waals surface area (Å²) >= 11 is 0. The Morgan fingerprint density at radius 2 is 1.83 bits per heavy atom. The molecule has 1 saturated carbocycles. The van der Waals surface area contributed by atoms with Crippen molar-refractivity contribution in [2.45, 2.75) is 30.8 Å². The fourth-order valence-corrected chi connectivity index (χ4v) is 5.48. The number of halogens is 3. The van der Waals surface area contributed by atoms with Gasteiger partial charge in [0.2, 0.25) is 10.8 Å². The van der Waals surface area contributed by atoms with Crippen LogP contribution < -0.4 is 10.1 Å². The minimum atomic E-state index is -4.47. The second-order valence-corrected chi connectivity index (χ2v) is 10.8. The molecule has 162 valence electrons. The van der Waals surface area contributed by atoms with Gasteiger partial charge >= 0.3 is 10.2 Å². The molecule has 1 aliphatic carbocycles. The van der Waals surface area contributed by atoms with E-state index in [0.29, 0.717) is 22.7 Å². The zero-order valence-corrected chi connectivity index (χ0v) is 17.1. The second-order valence-electron chi connectivity index (χ2n) is 6.86. The van der Waals surface area contributed by atoms with Crippen molar-refractivity contribution in [3.05, 3.63) is 35.6 Å². The molecule has 0 amide bonds. The van der Waals surface area contributed by atoms with Gasteiger partial charge in [0, 0.05) is 26.6 Å². The zero-order chi connectivity index (χ0) is 21.6. The van der Waals surface area contributed by atoms with Crippen LogP contribution in [0.5, 0.6) is 0 Å². The summed E-state index contributed by atoms with van der Waals surface area (Å²) in [5.41, 5.74) is 2.64. The quantitative estimate of drug-likeness (QED) is 0.596. The number of benzene rings is 1. The molecule has 0 radical (unpaired) electrons. The fourth-order valence-electron chi connectivity index (χ4n) is 2.81. The molecule has 1 aromatic rings. The van der Waals surface area contributed by atoms with E-state index in [-0.39, 0.29) is 11.0 Å². The van der Waals surface area contributed by atoms with Gasteiger partial charge in [-0.25, -0.2) is 31.3 Å². The molecular formula is C15H20F3N5O4S2. The van der Waals surface area contributed by atoms with E-state index in [2.05, 4.69) is 15.1 Å². The topological polar surface area (TPSA) is 111 Å². The van der Waals surface area contributed by atoms with E-state index in [1.54, 1.807) is 0 Å². The number of nitrogens with one attached hydrogen (secondary N) is 2. The molecule has 1 unspecified atom stereocenters. The molecule has 9 nitrogen and oxygen atoms in total. The molecule has 2 aliphatic rings. The van der Waals surface area contributed by atoms with E-state index >= 15 is 0 Å². The minimum absolute atomic E-state index is 0.118. The maximum absolute atomic E-state index is 13.5. The Hall–Kier alpha value is -1.74. The number of rotatable bonds is 8. The van der Waals surface area contributed by atoms with Crippen molar-refractivity contribution in [1.29, 1.82) is 0 Å². The molecule has 0 bridgehead atoms. The Labute approximate surface area is 166 Å². The minimum Gasteiger partial charge on any atom is -0.223 e. The van der Waals surface area contributed by atoms with Crippen molar-refractivity contribution in [3.63, 3.8) is 0 Å². The number of aliphatic imine (C=N–C) groups is 1. The highest BCUT2D eigenvalue weighted by molar-refractivity contribution is 7.91. The van der Waals surface area contributed by atoms with Crippen LogP contribution in [0.1, 0.15) is 18.4 Å². The van der Waals surface area contributed by atoms with Crippen LogP contribution in [0.3, 0.4) is 0 Å². The van der Waals surface area contributed by atoms with Crippen LogP contribution in [0.25, 0.3) is 0 Å². The van der Waals surface area contributed by atoms with Gasteiger partial charge in [0.1, 0.15) is 5.82 Å². The Morgan fingerprint density at radius 3 is 2.31 bits per heavy atom. The monoisotopic (exact) mass is 455 g/mol. The van der Waals surface area contributed by atoms with Gasteiger partial charge in [-0.1, -0.05) is 12.1 Å². The average Bonchev–Trinajstić information content (AvgIpc) is 3.40. The highest BCUT2D eigenvalue weighted by atomic mass is 32.2. The SMILES string of the molecule is CN(C)S(=O)(=O)N1NC(C2CC2)(S(=O)(=O)NCc2ccc(F)cc2)N=C1C(F)F. The smallest absolute Gasteiger partial charge is 0.223 e. The third-order valence-electron chi connectivity index (χ3n) is 4.56. The van der Waals surface area contributed by atoms with Gasteiger partial charge in [0.05, 0.1) is 0 Å². The highest BCUT2D eigenvalue weighted by Crippen LogP contribution is 2.46. The maximum atomic E-state index is 13.5. The average molecular weight is 455 g/mol. The number of hydrazine groups is 1. The summed E-state index contributed by atoms with van der Waals surface area (Å²) in [6.45, 7) is -0.251. The summed E-state index contributed by atoms with van der Waals surface area (Å²) in [5.74, 6) is -2.39. The molecule has 0 aromatic heterocycles. The normalized spacial score (nSPS) is 23.1. The Balaban J connectivity index is 1.96. The van der Waals surface area contributed by atoms with Gasteiger partial charge in [0.25, 0.3) is 16.4 Å². The molecule has 3 rings (SSSR count). The van der Waals surface area contributed by atoms with E-state index in [9.17, 15) is 30.0 Å². The number of hydrogen-bond donors (Lipinski definition) is 2. The van der Waals surface area contributed by atoms with Gasteiger partial charge in [0.15, 0.2) is 0 Å². The first-order valence-electron chi connectivity index (χ1n) is 8.53. The zero-order valence-electron chi connectivity index (χ0n) is 15.5. The predicted molar refractivity (Wildman–Crippen MR) is 98.6 cm³/mol. The largest absolute Gasteiger partial charge is 0.318 e. The Kier molecular flexibility index (Phi) is 5.68. The van der Waals surface area contributed by atoms with Gasteiger partial charge in [-0.3, -0.25) is 0 Å². The Bertz CT molecular complexity index is 1010. The van der Waals surface area contributed by atoms with E-state index in [4.69, 9.17) is 0 Å². The van der Waals surface area contributed by atoms with Crippen molar-refractivity contribution >= 4 is 26.1 Å². The standard InChI is InChI=1S/C15H20F3N5O4S2/c1-22(2)29(26,27)23-14(13(17)18)20-15(21-23,11-5-6-11)28(24,25)19-9-10-3-7-12(16)8-4-10/h3-4,7-8,11,13,19,21H,5-6,9H2,1-2H3. The lowest BCUT2D eigenvalue weighted by molar-refractivity contribution is 0.208. The summed E-state index contributed by atoms with van der Waals surface area (Å²) in [7, 11) is -6.67. The van der Waals surface area contributed by atoms with Crippen LogP contribution in [0, 0.1) is 11.7 Å². The first-order valence-corrected chi connectivity index (χ1v) is 11.4. The summed E-state index contributed by atoms with van der Waals surface area (Å²) in [6, 6.07) is 5.01. The van der Waals surface area contributed by atoms with Crippen molar-refractivity contribution < 1.29 is 30.0 Å². The third-order valence-corrected chi connectivity index (χ3v) is 8.08. The molecule has 14 heteroatoms. The number of sulfonamides is 1. The summed E-state index contributed by atoms with van der Waals surface area (Å²) in [4.78, 5) is 1.38. The van der Waals surface area contributed by atoms with Gasteiger partial charge in [-0.05, 0) is 30.5 Å². The van der Waals surface area contributed by atoms with Crippen LogP contribution in [-0.4, -0.2) is 56.9 Å². The fraction of sp³-hybridized carbons (Fsp3) is 0.533. The lowest BCUT2D eigenvalue weighted by atomic mass is 10.2. The second kappa shape index (κ2) is 7.50.